The Morgan fingerprint density at radius 2 is 1.69 bits per heavy atom. The molecule has 42 heavy (non-hydrogen) atoms. The number of aromatic nitrogens is 2. The third kappa shape index (κ3) is 9.37. The van der Waals surface area contributed by atoms with E-state index in [4.69, 9.17) is 0 Å². The van der Waals surface area contributed by atoms with E-state index < -0.39 is 17.8 Å². The van der Waals surface area contributed by atoms with Crippen LogP contribution in [0.15, 0.2) is 66.9 Å². The van der Waals surface area contributed by atoms with Crippen molar-refractivity contribution in [2.75, 3.05) is 55.5 Å². The molecule has 0 saturated carbocycles. The molecule has 0 aliphatic carbocycles. The van der Waals surface area contributed by atoms with E-state index >= 15 is 0 Å². The number of carbonyl (C=O) groups is 3. The van der Waals surface area contributed by atoms with E-state index in [-0.39, 0.29) is 23.3 Å². The van der Waals surface area contributed by atoms with Crippen LogP contribution >= 0.6 is 0 Å². The lowest BCUT2D eigenvalue weighted by atomic mass is 10.2. The number of hydrogen-bond acceptors (Lipinski definition) is 8. The molecule has 2 aromatic carbocycles. The van der Waals surface area contributed by atoms with Crippen molar-refractivity contribution in [2.24, 2.45) is 0 Å². The van der Waals surface area contributed by atoms with Gasteiger partial charge < -0.3 is 31.1 Å². The molecule has 1 heterocycles. The summed E-state index contributed by atoms with van der Waals surface area (Å²) in [4.78, 5) is 50.4. The molecular formula is C30H37FN8O3. The van der Waals surface area contributed by atoms with Crippen LogP contribution in [0.5, 0.6) is 0 Å². The Balaban J connectivity index is 1.69. The van der Waals surface area contributed by atoms with Crippen molar-refractivity contribution >= 4 is 46.5 Å². The number of nitrogens with zero attached hydrogens (tertiary/aromatic N) is 4. The van der Waals surface area contributed by atoms with Gasteiger partial charge >= 0.3 is 0 Å². The van der Waals surface area contributed by atoms with E-state index in [1.165, 1.54) is 29.3 Å². The second-order valence-electron chi connectivity index (χ2n) is 9.83. The maximum Gasteiger partial charge on any atom is 0.260 e. The lowest BCUT2D eigenvalue weighted by Gasteiger charge is -2.23. The van der Waals surface area contributed by atoms with Gasteiger partial charge in [0.25, 0.3) is 5.91 Å². The fourth-order valence-corrected chi connectivity index (χ4v) is 3.65. The van der Waals surface area contributed by atoms with Gasteiger partial charge in [0.05, 0.1) is 0 Å². The number of anilines is 5. The van der Waals surface area contributed by atoms with Gasteiger partial charge in [-0.25, -0.2) is 9.37 Å². The van der Waals surface area contributed by atoms with Crippen LogP contribution in [0, 0.1) is 5.82 Å². The van der Waals surface area contributed by atoms with Crippen molar-refractivity contribution in [3.8, 4) is 0 Å². The molecule has 0 bridgehead atoms. The van der Waals surface area contributed by atoms with E-state index in [2.05, 4.69) is 31.2 Å². The number of benzene rings is 2. The first-order valence-electron chi connectivity index (χ1n) is 13.5. The van der Waals surface area contributed by atoms with Crippen LogP contribution in [0.1, 0.15) is 30.6 Å². The van der Waals surface area contributed by atoms with Gasteiger partial charge in [0.1, 0.15) is 23.2 Å². The number of rotatable bonds is 13. The van der Waals surface area contributed by atoms with Crippen LogP contribution in [-0.2, 0) is 9.59 Å². The number of halogens is 1. The molecule has 1 aromatic heterocycles. The lowest BCUT2D eigenvalue weighted by molar-refractivity contribution is -0.132. The largest absolute Gasteiger partial charge is 0.369 e. The molecule has 0 aliphatic heterocycles. The van der Waals surface area contributed by atoms with E-state index in [0.29, 0.717) is 36.0 Å². The van der Waals surface area contributed by atoms with Gasteiger partial charge in [-0.3, -0.25) is 14.4 Å². The zero-order chi connectivity index (χ0) is 30.6. The van der Waals surface area contributed by atoms with Gasteiger partial charge in [0, 0.05) is 49.5 Å². The zero-order valence-corrected chi connectivity index (χ0v) is 24.4. The van der Waals surface area contributed by atoms with E-state index in [1.54, 1.807) is 56.4 Å². The van der Waals surface area contributed by atoms with Gasteiger partial charge in [-0.1, -0.05) is 25.1 Å². The SMILES string of the molecule is CCCNc1nc(Nc2cccc(F)c2)ncc1C(=O)Nc1cccc(NC(=O)C(C)N(C)C(=O)/C=C/CN(C)C)c1. The predicted molar refractivity (Wildman–Crippen MR) is 163 cm³/mol. The van der Waals surface area contributed by atoms with Crippen LogP contribution in [0.4, 0.5) is 33.2 Å². The first-order chi connectivity index (χ1) is 20.1. The summed E-state index contributed by atoms with van der Waals surface area (Å²) >= 11 is 0. The molecule has 12 heteroatoms. The normalized spacial score (nSPS) is 11.7. The van der Waals surface area contributed by atoms with E-state index in [1.807, 2.05) is 25.9 Å². The molecule has 3 amide bonds. The average Bonchev–Trinajstić information content (AvgIpc) is 2.95. The lowest BCUT2D eigenvalue weighted by Crippen LogP contribution is -2.42. The Morgan fingerprint density at radius 3 is 2.38 bits per heavy atom. The Labute approximate surface area is 245 Å². The van der Waals surface area contributed by atoms with Crippen LogP contribution < -0.4 is 21.3 Å². The quantitative estimate of drug-likeness (QED) is 0.221. The molecule has 0 radical (unpaired) electrons. The Morgan fingerprint density at radius 1 is 1.00 bits per heavy atom. The van der Waals surface area contributed by atoms with Gasteiger partial charge in [-0.05, 0) is 63.8 Å². The minimum atomic E-state index is -0.733. The monoisotopic (exact) mass is 576 g/mol. The topological polar surface area (TPSA) is 132 Å². The molecule has 4 N–H and O–H groups in total. The summed E-state index contributed by atoms with van der Waals surface area (Å²) in [6.07, 6.45) is 5.36. The fraction of sp³-hybridized carbons (Fsp3) is 0.300. The highest BCUT2D eigenvalue weighted by Crippen LogP contribution is 2.21. The van der Waals surface area contributed by atoms with Crippen LogP contribution in [0.3, 0.4) is 0 Å². The molecule has 1 atom stereocenters. The summed E-state index contributed by atoms with van der Waals surface area (Å²) in [5.41, 5.74) is 1.56. The van der Waals surface area contributed by atoms with Crippen molar-refractivity contribution in [2.45, 2.75) is 26.3 Å². The highest BCUT2D eigenvalue weighted by Gasteiger charge is 2.21. The second kappa shape index (κ2) is 15.2. The van der Waals surface area contributed by atoms with Crippen LogP contribution in [-0.4, -0.2) is 77.8 Å². The van der Waals surface area contributed by atoms with Gasteiger partial charge in [-0.15, -0.1) is 0 Å². The molecule has 11 nitrogen and oxygen atoms in total. The van der Waals surface area contributed by atoms with Gasteiger partial charge in [0.15, 0.2) is 0 Å². The molecule has 0 saturated heterocycles. The van der Waals surface area contributed by atoms with Crippen molar-refractivity contribution in [3.63, 3.8) is 0 Å². The highest BCUT2D eigenvalue weighted by molar-refractivity contribution is 6.08. The van der Waals surface area contributed by atoms with Crippen molar-refractivity contribution in [1.82, 2.24) is 19.8 Å². The number of hydrogen-bond donors (Lipinski definition) is 4. The summed E-state index contributed by atoms with van der Waals surface area (Å²) in [6, 6.07) is 11.8. The van der Waals surface area contributed by atoms with Crippen molar-refractivity contribution < 1.29 is 18.8 Å². The molecule has 0 fully saturated rings. The smallest absolute Gasteiger partial charge is 0.260 e. The minimum absolute atomic E-state index is 0.200. The third-order valence-corrected chi connectivity index (χ3v) is 6.08. The fourth-order valence-electron chi connectivity index (χ4n) is 3.65. The summed E-state index contributed by atoms with van der Waals surface area (Å²) in [5, 5.41) is 11.7. The summed E-state index contributed by atoms with van der Waals surface area (Å²) in [7, 11) is 5.35. The Hall–Kier alpha value is -4.84. The maximum absolute atomic E-state index is 13.6. The highest BCUT2D eigenvalue weighted by atomic mass is 19.1. The molecule has 222 valence electrons. The number of nitrogens with one attached hydrogen (secondary N) is 4. The molecule has 3 rings (SSSR count). The van der Waals surface area contributed by atoms with Crippen LogP contribution in [0.25, 0.3) is 0 Å². The summed E-state index contributed by atoms with van der Waals surface area (Å²) < 4.78 is 13.6. The summed E-state index contributed by atoms with van der Waals surface area (Å²) in [6.45, 7) is 4.79. The average molecular weight is 577 g/mol. The molecular weight excluding hydrogens is 539 g/mol. The van der Waals surface area contributed by atoms with Gasteiger partial charge in [0.2, 0.25) is 17.8 Å². The third-order valence-electron chi connectivity index (χ3n) is 6.08. The number of amides is 3. The Kier molecular flexibility index (Phi) is 11.5. The van der Waals surface area contributed by atoms with E-state index in [9.17, 15) is 18.8 Å². The van der Waals surface area contributed by atoms with E-state index in [0.717, 1.165) is 6.42 Å². The molecule has 0 spiro atoms. The predicted octanol–water partition coefficient (Wildman–Crippen LogP) is 4.34. The first-order valence-corrected chi connectivity index (χ1v) is 13.5. The van der Waals surface area contributed by atoms with Crippen molar-refractivity contribution in [3.05, 3.63) is 78.3 Å². The zero-order valence-electron chi connectivity index (χ0n) is 24.4. The first kappa shape index (κ1) is 31.7. The Bertz CT molecular complexity index is 1430. The van der Waals surface area contributed by atoms with Gasteiger partial charge in [-0.2, -0.15) is 4.98 Å². The molecule has 1 unspecified atom stereocenters. The summed E-state index contributed by atoms with van der Waals surface area (Å²) in [5.74, 6) is -1.01. The molecule has 3 aromatic rings. The van der Waals surface area contributed by atoms with Crippen molar-refractivity contribution in [1.29, 1.82) is 0 Å². The molecule has 0 aliphatic rings. The number of carbonyl (C=O) groups excluding carboxylic acids is 3. The maximum atomic E-state index is 13.6. The standard InChI is InChI=1S/C30H37FN8O3/c1-6-15-32-27-25(19-33-30(37-27)36-22-11-7-10-21(31)17-22)29(42)35-24-13-8-12-23(18-24)34-28(41)20(2)39(5)26(40)14-9-16-38(3)4/h7-14,17-20H,6,15-16H2,1-5H3,(H,34,41)(H,35,42)(H2,32,33,36,37)/b14-9+. The number of likely N-dealkylation sites (N-methyl/N-ethyl adjacent to an activating group) is 2. The minimum Gasteiger partial charge on any atom is -0.369 e. The second-order valence-corrected chi connectivity index (χ2v) is 9.83. The van der Waals surface area contributed by atoms with Crippen LogP contribution in [0.2, 0.25) is 0 Å².